The largest absolute Gasteiger partial charge is 0.337 e. The number of carbonyl (C=O) groups excluding carboxylic acids is 1. The number of amides is 1. The molecule has 0 aromatic heterocycles. The number of rotatable bonds is 1. The van der Waals surface area contributed by atoms with Gasteiger partial charge in [0.1, 0.15) is 5.82 Å². The van der Waals surface area contributed by atoms with E-state index in [4.69, 9.17) is 5.73 Å². The maximum Gasteiger partial charge on any atom is 0.254 e. The zero-order chi connectivity index (χ0) is 11.7. The van der Waals surface area contributed by atoms with E-state index in [-0.39, 0.29) is 11.9 Å². The lowest BCUT2D eigenvalue weighted by atomic mass is 10.2. The Morgan fingerprint density at radius 3 is 2.81 bits per heavy atom. The zero-order valence-corrected chi connectivity index (χ0v) is 10.2. The van der Waals surface area contributed by atoms with Gasteiger partial charge in [-0.15, -0.1) is 0 Å². The summed E-state index contributed by atoms with van der Waals surface area (Å²) in [6.45, 7) is 1.20. The van der Waals surface area contributed by atoms with Gasteiger partial charge in [0.2, 0.25) is 0 Å². The van der Waals surface area contributed by atoms with Crippen LogP contribution >= 0.6 is 15.9 Å². The van der Waals surface area contributed by atoms with Crippen LogP contribution in [-0.4, -0.2) is 29.9 Å². The molecule has 5 heteroatoms. The van der Waals surface area contributed by atoms with E-state index in [2.05, 4.69) is 15.9 Å². The number of hydrogen-bond donors (Lipinski definition) is 1. The number of halogens is 2. The minimum atomic E-state index is -0.416. The van der Waals surface area contributed by atoms with E-state index in [1.165, 1.54) is 12.1 Å². The van der Waals surface area contributed by atoms with E-state index in [1.807, 2.05) is 0 Å². The van der Waals surface area contributed by atoms with Gasteiger partial charge in [-0.05, 0) is 24.6 Å². The smallest absolute Gasteiger partial charge is 0.254 e. The molecule has 1 aliphatic heterocycles. The van der Waals surface area contributed by atoms with Crippen molar-refractivity contribution in [1.82, 2.24) is 4.90 Å². The van der Waals surface area contributed by atoms with E-state index in [9.17, 15) is 9.18 Å². The Hall–Kier alpha value is -0.940. The third kappa shape index (κ3) is 2.41. The fourth-order valence-electron chi connectivity index (χ4n) is 1.83. The summed E-state index contributed by atoms with van der Waals surface area (Å²) in [6.07, 6.45) is 0.808. The van der Waals surface area contributed by atoms with Crippen molar-refractivity contribution in [2.75, 3.05) is 13.1 Å². The Balaban J connectivity index is 2.20. The van der Waals surface area contributed by atoms with Gasteiger partial charge in [0.05, 0.1) is 0 Å². The highest BCUT2D eigenvalue weighted by Crippen LogP contribution is 2.18. The highest BCUT2D eigenvalue weighted by Gasteiger charge is 2.24. The summed E-state index contributed by atoms with van der Waals surface area (Å²) >= 11 is 3.17. The Morgan fingerprint density at radius 2 is 2.25 bits per heavy atom. The first-order chi connectivity index (χ1) is 7.56. The molecule has 86 valence electrons. The summed E-state index contributed by atoms with van der Waals surface area (Å²) in [5.74, 6) is -0.575. The van der Waals surface area contributed by atoms with Gasteiger partial charge in [0.25, 0.3) is 5.91 Å². The monoisotopic (exact) mass is 286 g/mol. The lowest BCUT2D eigenvalue weighted by Crippen LogP contribution is -2.31. The Kier molecular flexibility index (Phi) is 3.25. The summed E-state index contributed by atoms with van der Waals surface area (Å²) < 4.78 is 13.7. The van der Waals surface area contributed by atoms with Gasteiger partial charge in [-0.25, -0.2) is 4.39 Å². The topological polar surface area (TPSA) is 46.3 Å². The molecule has 2 rings (SSSR count). The zero-order valence-electron chi connectivity index (χ0n) is 8.62. The van der Waals surface area contributed by atoms with Crippen molar-refractivity contribution in [2.45, 2.75) is 12.5 Å². The molecule has 16 heavy (non-hydrogen) atoms. The molecule has 0 aliphatic carbocycles. The molecule has 1 fully saturated rings. The van der Waals surface area contributed by atoms with Crippen LogP contribution < -0.4 is 5.73 Å². The average molecular weight is 287 g/mol. The van der Waals surface area contributed by atoms with Gasteiger partial charge in [0, 0.05) is 29.2 Å². The molecular formula is C11H12BrFN2O. The highest BCUT2D eigenvalue weighted by molar-refractivity contribution is 9.10. The summed E-state index contributed by atoms with van der Waals surface area (Å²) in [5, 5.41) is 0. The van der Waals surface area contributed by atoms with Crippen LogP contribution in [0.5, 0.6) is 0 Å². The maximum absolute atomic E-state index is 13.1. The number of likely N-dealkylation sites (tertiary alicyclic amines) is 1. The SMILES string of the molecule is N[C@@H]1CCN(C(=O)c2cc(F)cc(Br)c2)C1. The summed E-state index contributed by atoms with van der Waals surface area (Å²) in [4.78, 5) is 13.6. The van der Waals surface area contributed by atoms with Crippen molar-refractivity contribution in [3.8, 4) is 0 Å². The summed E-state index contributed by atoms with van der Waals surface area (Å²) in [6, 6.07) is 4.24. The molecule has 1 amide bonds. The fraction of sp³-hybridized carbons (Fsp3) is 0.364. The number of nitrogens with zero attached hydrogens (tertiary/aromatic N) is 1. The van der Waals surface area contributed by atoms with Crippen LogP contribution in [0.3, 0.4) is 0 Å². The third-order valence-corrected chi connectivity index (χ3v) is 3.08. The molecule has 3 nitrogen and oxygen atoms in total. The average Bonchev–Trinajstić information content (AvgIpc) is 2.62. The van der Waals surface area contributed by atoms with Crippen molar-refractivity contribution in [2.24, 2.45) is 5.73 Å². The predicted molar refractivity (Wildman–Crippen MR) is 62.6 cm³/mol. The molecule has 2 N–H and O–H groups in total. The number of carbonyl (C=O) groups is 1. The first-order valence-corrected chi connectivity index (χ1v) is 5.86. The van der Waals surface area contributed by atoms with Crippen molar-refractivity contribution < 1.29 is 9.18 Å². The molecule has 0 saturated carbocycles. The van der Waals surface area contributed by atoms with Gasteiger partial charge in [-0.3, -0.25) is 4.79 Å². The molecule has 1 heterocycles. The van der Waals surface area contributed by atoms with Crippen LogP contribution in [0.25, 0.3) is 0 Å². The quantitative estimate of drug-likeness (QED) is 0.855. The number of hydrogen-bond acceptors (Lipinski definition) is 2. The normalized spacial score (nSPS) is 20.2. The Morgan fingerprint density at radius 1 is 1.50 bits per heavy atom. The molecule has 0 spiro atoms. The molecule has 0 radical (unpaired) electrons. The van der Waals surface area contributed by atoms with Crippen LogP contribution in [0.1, 0.15) is 16.8 Å². The summed E-state index contributed by atoms with van der Waals surface area (Å²) in [5.41, 5.74) is 6.09. The molecule has 1 atom stereocenters. The van der Waals surface area contributed by atoms with Gasteiger partial charge < -0.3 is 10.6 Å². The van der Waals surface area contributed by atoms with E-state index in [0.29, 0.717) is 23.1 Å². The Labute approximate surface area is 102 Å². The first kappa shape index (κ1) is 11.5. The lowest BCUT2D eigenvalue weighted by Gasteiger charge is -2.15. The molecule has 0 unspecified atom stereocenters. The fourth-order valence-corrected chi connectivity index (χ4v) is 2.30. The molecule has 1 aliphatic rings. The molecule has 1 aromatic rings. The second-order valence-electron chi connectivity index (χ2n) is 3.96. The summed E-state index contributed by atoms with van der Waals surface area (Å²) in [7, 11) is 0. The predicted octanol–water partition coefficient (Wildman–Crippen LogP) is 1.76. The first-order valence-electron chi connectivity index (χ1n) is 5.07. The van der Waals surface area contributed by atoms with E-state index >= 15 is 0 Å². The third-order valence-electron chi connectivity index (χ3n) is 2.62. The number of nitrogens with two attached hydrogens (primary N) is 1. The van der Waals surface area contributed by atoms with Gasteiger partial charge >= 0.3 is 0 Å². The minimum Gasteiger partial charge on any atom is -0.337 e. The number of benzene rings is 1. The van der Waals surface area contributed by atoms with Gasteiger partial charge in [0.15, 0.2) is 0 Å². The second kappa shape index (κ2) is 4.51. The molecular weight excluding hydrogens is 275 g/mol. The Bertz CT molecular complexity index is 404. The van der Waals surface area contributed by atoms with Crippen LogP contribution in [-0.2, 0) is 0 Å². The molecule has 1 aromatic carbocycles. The van der Waals surface area contributed by atoms with Crippen LogP contribution in [0.2, 0.25) is 0 Å². The van der Waals surface area contributed by atoms with E-state index in [0.717, 1.165) is 6.42 Å². The minimum absolute atomic E-state index is 0.0425. The van der Waals surface area contributed by atoms with Crippen LogP contribution in [0.15, 0.2) is 22.7 Å². The highest BCUT2D eigenvalue weighted by atomic mass is 79.9. The van der Waals surface area contributed by atoms with Crippen molar-refractivity contribution in [3.63, 3.8) is 0 Å². The van der Waals surface area contributed by atoms with Crippen molar-refractivity contribution in [3.05, 3.63) is 34.1 Å². The molecule has 0 bridgehead atoms. The van der Waals surface area contributed by atoms with E-state index in [1.54, 1.807) is 11.0 Å². The van der Waals surface area contributed by atoms with Gasteiger partial charge in [-0.1, -0.05) is 15.9 Å². The van der Waals surface area contributed by atoms with Crippen molar-refractivity contribution in [1.29, 1.82) is 0 Å². The van der Waals surface area contributed by atoms with Crippen LogP contribution in [0.4, 0.5) is 4.39 Å². The van der Waals surface area contributed by atoms with E-state index < -0.39 is 5.82 Å². The maximum atomic E-state index is 13.1. The second-order valence-corrected chi connectivity index (χ2v) is 4.87. The van der Waals surface area contributed by atoms with Crippen molar-refractivity contribution >= 4 is 21.8 Å². The van der Waals surface area contributed by atoms with Gasteiger partial charge in [-0.2, -0.15) is 0 Å². The molecule has 1 saturated heterocycles. The lowest BCUT2D eigenvalue weighted by molar-refractivity contribution is 0.0790. The van der Waals surface area contributed by atoms with Crippen LogP contribution in [0, 0.1) is 5.82 Å². The standard InChI is InChI=1S/C11H12BrFN2O/c12-8-3-7(4-9(13)5-8)11(16)15-2-1-10(14)6-15/h3-5,10H,1-2,6,14H2/t10-/m1/s1.